The van der Waals surface area contributed by atoms with Crippen LogP contribution in [-0.2, 0) is 10.1 Å². The van der Waals surface area contributed by atoms with Gasteiger partial charge in [-0.05, 0) is 0 Å². The monoisotopic (exact) mass is 287 g/mol. The first-order chi connectivity index (χ1) is 8.70. The van der Waals surface area contributed by atoms with Gasteiger partial charge in [-0.1, -0.05) is 0 Å². The lowest BCUT2D eigenvalue weighted by Crippen LogP contribution is -2.19. The highest BCUT2D eigenvalue weighted by Gasteiger charge is 2.26. The fourth-order valence-corrected chi connectivity index (χ4v) is 1.86. The van der Waals surface area contributed by atoms with E-state index in [0.717, 1.165) is 0 Å². The van der Waals surface area contributed by atoms with Crippen LogP contribution >= 0.6 is 0 Å². The van der Waals surface area contributed by atoms with Gasteiger partial charge in [0.25, 0.3) is 5.56 Å². The average molecular weight is 287 g/mol. The number of aromatic amines is 1. The van der Waals surface area contributed by atoms with Gasteiger partial charge >= 0.3 is 16.1 Å². The summed E-state index contributed by atoms with van der Waals surface area (Å²) in [6, 6.07) is 0. The molecular formula is C7H5N5O6S. The van der Waals surface area contributed by atoms with Gasteiger partial charge in [0.05, 0.1) is 0 Å². The number of hydrogen-bond acceptors (Lipinski definition) is 8. The fourth-order valence-electron chi connectivity index (χ4n) is 1.28. The van der Waals surface area contributed by atoms with Crippen molar-refractivity contribution in [2.45, 2.75) is 5.03 Å². The average Bonchev–Trinajstić information content (AvgIpc) is 2.25. The summed E-state index contributed by atoms with van der Waals surface area (Å²) >= 11 is 0. The number of aromatic carboxylic acids is 1. The molecule has 0 radical (unpaired) electrons. The highest BCUT2D eigenvalue weighted by molar-refractivity contribution is 7.85. The lowest BCUT2D eigenvalue weighted by molar-refractivity contribution is 0.0685. The Bertz CT molecular complexity index is 856. The van der Waals surface area contributed by atoms with Gasteiger partial charge in [-0.2, -0.15) is 13.4 Å². The Morgan fingerprint density at radius 1 is 1.26 bits per heavy atom. The summed E-state index contributed by atoms with van der Waals surface area (Å²) in [5, 5.41) is 7.58. The number of hydrogen-bond donors (Lipinski definition) is 4. The summed E-state index contributed by atoms with van der Waals surface area (Å²) in [5.74, 6) is -2.14. The van der Waals surface area contributed by atoms with Crippen molar-refractivity contribution in [1.29, 1.82) is 0 Å². The molecule has 0 saturated heterocycles. The number of rotatable bonds is 2. The Morgan fingerprint density at radius 3 is 2.42 bits per heavy atom. The van der Waals surface area contributed by atoms with Crippen molar-refractivity contribution < 1.29 is 22.9 Å². The molecule has 0 bridgehead atoms. The van der Waals surface area contributed by atoms with Crippen molar-refractivity contribution in [2.24, 2.45) is 0 Å². The molecule has 0 saturated carbocycles. The number of nitrogens with one attached hydrogen (secondary N) is 1. The Balaban J connectivity index is 3.01. The summed E-state index contributed by atoms with van der Waals surface area (Å²) in [4.78, 5) is 34.5. The van der Waals surface area contributed by atoms with E-state index in [1.54, 1.807) is 0 Å². The molecule has 2 aromatic rings. The van der Waals surface area contributed by atoms with E-state index in [1.165, 1.54) is 0 Å². The van der Waals surface area contributed by atoms with Crippen LogP contribution in [0.15, 0.2) is 9.82 Å². The van der Waals surface area contributed by atoms with E-state index >= 15 is 0 Å². The molecule has 0 aliphatic rings. The third-order valence-electron chi connectivity index (χ3n) is 1.98. The minimum absolute atomic E-state index is 0.365. The molecule has 0 aliphatic heterocycles. The molecule has 0 atom stereocenters. The Labute approximate surface area is 103 Å². The number of nitrogens with two attached hydrogens (primary N) is 1. The van der Waals surface area contributed by atoms with Gasteiger partial charge in [-0.3, -0.25) is 14.3 Å². The largest absolute Gasteiger partial charge is 0.476 e. The van der Waals surface area contributed by atoms with Crippen molar-refractivity contribution >= 4 is 33.2 Å². The molecule has 100 valence electrons. The smallest absolute Gasteiger partial charge is 0.357 e. The van der Waals surface area contributed by atoms with Gasteiger partial charge in [0.2, 0.25) is 11.0 Å². The van der Waals surface area contributed by atoms with Crippen LogP contribution in [0.4, 0.5) is 5.95 Å². The van der Waals surface area contributed by atoms with Crippen molar-refractivity contribution in [3.8, 4) is 0 Å². The molecule has 12 heteroatoms. The molecule has 2 aromatic heterocycles. The summed E-state index contributed by atoms with van der Waals surface area (Å²) in [5.41, 5.74) is 2.22. The number of carboxylic acids is 1. The first kappa shape index (κ1) is 12.8. The maximum atomic E-state index is 11.5. The van der Waals surface area contributed by atoms with Crippen molar-refractivity contribution in [1.82, 2.24) is 19.9 Å². The zero-order valence-electron chi connectivity index (χ0n) is 8.85. The van der Waals surface area contributed by atoms with E-state index in [9.17, 15) is 18.0 Å². The summed E-state index contributed by atoms with van der Waals surface area (Å²) in [7, 11) is -4.94. The van der Waals surface area contributed by atoms with Crippen LogP contribution in [0.5, 0.6) is 0 Å². The van der Waals surface area contributed by atoms with Gasteiger partial charge in [0.15, 0.2) is 16.9 Å². The van der Waals surface area contributed by atoms with Crippen LogP contribution in [-0.4, -0.2) is 44.0 Å². The lowest BCUT2D eigenvalue weighted by Gasteiger charge is -2.03. The van der Waals surface area contributed by atoms with E-state index in [4.69, 9.17) is 15.4 Å². The van der Waals surface area contributed by atoms with Gasteiger partial charge in [0.1, 0.15) is 0 Å². The second kappa shape index (κ2) is 3.96. The Kier molecular flexibility index (Phi) is 2.68. The number of carboxylic acid groups (broad SMARTS) is 1. The second-order valence-electron chi connectivity index (χ2n) is 3.28. The van der Waals surface area contributed by atoms with Gasteiger partial charge < -0.3 is 10.8 Å². The van der Waals surface area contributed by atoms with Crippen LogP contribution in [0, 0.1) is 0 Å². The Hall–Kier alpha value is -2.60. The highest BCUT2D eigenvalue weighted by atomic mass is 32.2. The third-order valence-corrected chi connectivity index (χ3v) is 2.75. The van der Waals surface area contributed by atoms with Crippen LogP contribution in [0.25, 0.3) is 11.2 Å². The summed E-state index contributed by atoms with van der Waals surface area (Å²) < 4.78 is 30.9. The van der Waals surface area contributed by atoms with E-state index < -0.39 is 43.5 Å². The number of anilines is 1. The van der Waals surface area contributed by atoms with Crippen LogP contribution in [0.2, 0.25) is 0 Å². The molecule has 11 nitrogen and oxygen atoms in total. The second-order valence-corrected chi connectivity index (χ2v) is 4.62. The fraction of sp³-hybridized carbons (Fsp3) is 0. The zero-order chi connectivity index (χ0) is 14.4. The molecule has 0 spiro atoms. The zero-order valence-corrected chi connectivity index (χ0v) is 9.67. The van der Waals surface area contributed by atoms with Crippen molar-refractivity contribution in [2.75, 3.05) is 5.73 Å². The Morgan fingerprint density at radius 2 is 1.89 bits per heavy atom. The first-order valence-electron chi connectivity index (χ1n) is 4.48. The number of carbonyl (C=O) groups is 1. The minimum atomic E-state index is -4.94. The van der Waals surface area contributed by atoms with E-state index in [0.29, 0.717) is 0 Å². The third kappa shape index (κ3) is 2.21. The highest BCUT2D eigenvalue weighted by Crippen LogP contribution is 2.14. The SMILES string of the molecule is Nc1nc2nc(S(=O)(=O)O)c(C(=O)O)nc2c(=O)[nH]1. The molecule has 5 N–H and O–H groups in total. The number of H-pyrrole nitrogens is 1. The molecular weight excluding hydrogens is 282 g/mol. The molecule has 0 aromatic carbocycles. The standard InChI is InChI=1S/C7H5N5O6S/c8-7-11-3-1(4(13)12-7)9-2(6(14)15)5(10-3)19(16,17)18/h(H,14,15)(H,16,17,18)(H3,8,10,11,12,13). The summed E-state index contributed by atoms with van der Waals surface area (Å²) in [6.07, 6.45) is 0. The molecule has 0 aliphatic carbocycles. The van der Waals surface area contributed by atoms with Crippen molar-refractivity contribution in [3.63, 3.8) is 0 Å². The topological polar surface area (TPSA) is 189 Å². The molecule has 2 rings (SSSR count). The van der Waals surface area contributed by atoms with Crippen molar-refractivity contribution in [3.05, 3.63) is 16.0 Å². The predicted octanol–water partition coefficient (Wildman–Crippen LogP) is -1.76. The van der Waals surface area contributed by atoms with Gasteiger partial charge in [0, 0.05) is 0 Å². The molecule has 2 heterocycles. The maximum Gasteiger partial charge on any atom is 0.357 e. The van der Waals surface area contributed by atoms with E-state index in [1.807, 2.05) is 4.98 Å². The van der Waals surface area contributed by atoms with Crippen LogP contribution in [0.1, 0.15) is 10.5 Å². The predicted molar refractivity (Wildman–Crippen MR) is 59.1 cm³/mol. The number of nitrogens with zero attached hydrogens (tertiary/aromatic N) is 3. The maximum absolute atomic E-state index is 11.5. The van der Waals surface area contributed by atoms with Crippen LogP contribution < -0.4 is 11.3 Å². The number of fused-ring (bicyclic) bond motifs is 1. The normalized spacial score (nSPS) is 11.6. The minimum Gasteiger partial charge on any atom is -0.476 e. The van der Waals surface area contributed by atoms with Crippen LogP contribution in [0.3, 0.4) is 0 Å². The molecule has 19 heavy (non-hydrogen) atoms. The van der Waals surface area contributed by atoms with Gasteiger partial charge in [-0.25, -0.2) is 14.8 Å². The quantitative estimate of drug-likeness (QED) is 0.460. The number of nitrogen functional groups attached to an aromatic ring is 1. The first-order valence-corrected chi connectivity index (χ1v) is 5.92. The van der Waals surface area contributed by atoms with E-state index in [2.05, 4.69) is 15.0 Å². The number of aromatic nitrogens is 4. The molecule has 0 unspecified atom stereocenters. The molecule has 0 amide bonds. The lowest BCUT2D eigenvalue weighted by atomic mass is 10.4. The van der Waals surface area contributed by atoms with E-state index in [-0.39, 0.29) is 5.95 Å². The summed E-state index contributed by atoms with van der Waals surface area (Å²) in [6.45, 7) is 0. The van der Waals surface area contributed by atoms with Gasteiger partial charge in [-0.15, -0.1) is 0 Å². The molecule has 0 fully saturated rings.